The van der Waals surface area contributed by atoms with Gasteiger partial charge in [-0.15, -0.1) is 0 Å². The Morgan fingerprint density at radius 1 is 1.26 bits per heavy atom. The van der Waals surface area contributed by atoms with Gasteiger partial charge in [0.2, 0.25) is 0 Å². The van der Waals surface area contributed by atoms with Crippen molar-refractivity contribution in [2.75, 3.05) is 18.4 Å². The number of nitrogens with one attached hydrogen (secondary N) is 2. The minimum Gasteiger partial charge on any atom is -0.444 e. The molecule has 2 atom stereocenters. The van der Waals surface area contributed by atoms with E-state index in [2.05, 4.69) is 10.6 Å². The van der Waals surface area contributed by atoms with Gasteiger partial charge in [0, 0.05) is 12.2 Å². The lowest BCUT2D eigenvalue weighted by Gasteiger charge is -2.24. The van der Waals surface area contributed by atoms with Crippen LogP contribution in [0.25, 0.3) is 0 Å². The number of ether oxygens (including phenoxy) is 1. The molecule has 3 amide bonds. The molecule has 1 aromatic rings. The lowest BCUT2D eigenvalue weighted by molar-refractivity contribution is -0.136. The van der Waals surface area contributed by atoms with Gasteiger partial charge in [-0.2, -0.15) is 0 Å². The summed E-state index contributed by atoms with van der Waals surface area (Å²) in [5.74, 6) is -2.81. The number of likely N-dealkylation sites (tertiary alicyclic amines) is 1. The van der Waals surface area contributed by atoms with Gasteiger partial charge < -0.3 is 25.4 Å². The molecule has 27 heavy (non-hydrogen) atoms. The molecule has 1 aromatic carbocycles. The first-order valence-corrected chi connectivity index (χ1v) is 8.57. The van der Waals surface area contributed by atoms with Crippen LogP contribution in [0.5, 0.6) is 0 Å². The zero-order chi connectivity index (χ0) is 20.4. The third-order valence-corrected chi connectivity index (χ3v) is 3.95. The SMILES string of the molecule is CC(C)(C)OC(=O)N1CC(O)C(NC(=O)C(=O)Nc2ccc(Cl)c(F)c2)C1. The van der Waals surface area contributed by atoms with Gasteiger partial charge in [0.1, 0.15) is 11.4 Å². The molecule has 8 nitrogen and oxygen atoms in total. The van der Waals surface area contributed by atoms with Crippen LogP contribution in [0, 0.1) is 5.82 Å². The fourth-order valence-electron chi connectivity index (χ4n) is 2.40. The minimum atomic E-state index is -1.05. The molecule has 1 heterocycles. The first-order valence-electron chi connectivity index (χ1n) is 8.19. The summed E-state index contributed by atoms with van der Waals surface area (Å²) in [5.41, 5.74) is -0.642. The van der Waals surface area contributed by atoms with E-state index in [4.69, 9.17) is 16.3 Å². The number of aliphatic hydroxyl groups is 1. The predicted molar refractivity (Wildman–Crippen MR) is 95.8 cm³/mol. The summed E-state index contributed by atoms with van der Waals surface area (Å²) in [6.07, 6.45) is -1.68. The van der Waals surface area contributed by atoms with E-state index in [9.17, 15) is 23.9 Å². The number of β-amino-alcohol motifs (C(OH)–C–C–N with tert-alkyl or cyclic N) is 1. The van der Waals surface area contributed by atoms with Crippen molar-refractivity contribution in [3.05, 3.63) is 29.0 Å². The second-order valence-electron chi connectivity index (χ2n) is 7.12. The summed E-state index contributed by atoms with van der Waals surface area (Å²) < 4.78 is 18.6. The number of halogens is 2. The maximum absolute atomic E-state index is 13.4. The topological polar surface area (TPSA) is 108 Å². The van der Waals surface area contributed by atoms with Crippen molar-refractivity contribution >= 4 is 35.2 Å². The Kier molecular flexibility index (Phi) is 6.27. The van der Waals surface area contributed by atoms with E-state index in [0.29, 0.717) is 0 Å². The Balaban J connectivity index is 1.91. The van der Waals surface area contributed by atoms with E-state index in [-0.39, 0.29) is 23.8 Å². The Morgan fingerprint density at radius 3 is 2.52 bits per heavy atom. The van der Waals surface area contributed by atoms with Gasteiger partial charge >= 0.3 is 17.9 Å². The van der Waals surface area contributed by atoms with Crippen molar-refractivity contribution in [2.45, 2.75) is 38.5 Å². The maximum Gasteiger partial charge on any atom is 0.410 e. The molecule has 0 radical (unpaired) electrons. The molecule has 0 spiro atoms. The summed E-state index contributed by atoms with van der Waals surface area (Å²) in [6.45, 7) is 5.08. The quantitative estimate of drug-likeness (QED) is 0.651. The molecule has 2 rings (SSSR count). The van der Waals surface area contributed by atoms with Crippen LogP contribution in [0.15, 0.2) is 18.2 Å². The van der Waals surface area contributed by atoms with Gasteiger partial charge in [-0.05, 0) is 39.0 Å². The molecule has 0 aliphatic carbocycles. The highest BCUT2D eigenvalue weighted by molar-refractivity contribution is 6.39. The van der Waals surface area contributed by atoms with E-state index in [1.807, 2.05) is 0 Å². The van der Waals surface area contributed by atoms with E-state index >= 15 is 0 Å². The van der Waals surface area contributed by atoms with Crippen LogP contribution >= 0.6 is 11.6 Å². The largest absolute Gasteiger partial charge is 0.444 e. The average Bonchev–Trinajstić information content (AvgIpc) is 2.90. The van der Waals surface area contributed by atoms with Crippen LogP contribution < -0.4 is 10.6 Å². The number of anilines is 1. The summed E-state index contributed by atoms with van der Waals surface area (Å²) >= 11 is 5.55. The van der Waals surface area contributed by atoms with Crippen LogP contribution in [0.4, 0.5) is 14.9 Å². The Hall–Kier alpha value is -2.39. The molecule has 2 unspecified atom stereocenters. The normalized spacial score (nSPS) is 19.6. The van der Waals surface area contributed by atoms with Crippen molar-refractivity contribution in [2.24, 2.45) is 0 Å². The molecule has 1 aliphatic heterocycles. The van der Waals surface area contributed by atoms with Gasteiger partial charge in [-0.25, -0.2) is 9.18 Å². The minimum absolute atomic E-state index is 0.00925. The zero-order valence-corrected chi connectivity index (χ0v) is 15.8. The van der Waals surface area contributed by atoms with Crippen LogP contribution in [0.2, 0.25) is 5.02 Å². The van der Waals surface area contributed by atoms with Crippen molar-refractivity contribution in [3.8, 4) is 0 Å². The molecule has 148 valence electrons. The van der Waals surface area contributed by atoms with Crippen molar-refractivity contribution in [1.82, 2.24) is 10.2 Å². The van der Waals surface area contributed by atoms with Crippen LogP contribution in [-0.2, 0) is 14.3 Å². The molecule has 1 fully saturated rings. The third-order valence-electron chi connectivity index (χ3n) is 3.64. The fraction of sp³-hybridized carbons (Fsp3) is 0.471. The number of carbonyl (C=O) groups excluding carboxylic acids is 3. The van der Waals surface area contributed by atoms with E-state index in [0.717, 1.165) is 6.07 Å². The molecule has 0 saturated carbocycles. The predicted octanol–water partition coefficient (Wildman–Crippen LogP) is 1.51. The second-order valence-corrected chi connectivity index (χ2v) is 7.52. The maximum atomic E-state index is 13.4. The Labute approximate surface area is 160 Å². The monoisotopic (exact) mass is 401 g/mol. The number of hydrogen-bond donors (Lipinski definition) is 3. The molecule has 3 N–H and O–H groups in total. The zero-order valence-electron chi connectivity index (χ0n) is 15.1. The number of benzene rings is 1. The number of rotatable bonds is 2. The third kappa shape index (κ3) is 5.80. The highest BCUT2D eigenvalue weighted by Gasteiger charge is 2.37. The first-order chi connectivity index (χ1) is 12.5. The van der Waals surface area contributed by atoms with Gasteiger partial charge in [-0.3, -0.25) is 9.59 Å². The Morgan fingerprint density at radius 2 is 1.93 bits per heavy atom. The molecule has 1 aliphatic rings. The molecule has 0 bridgehead atoms. The van der Waals surface area contributed by atoms with Crippen molar-refractivity contribution < 1.29 is 28.6 Å². The van der Waals surface area contributed by atoms with Crippen LogP contribution in [0.3, 0.4) is 0 Å². The second kappa shape index (κ2) is 8.10. The van der Waals surface area contributed by atoms with Crippen molar-refractivity contribution in [1.29, 1.82) is 0 Å². The van der Waals surface area contributed by atoms with Gasteiger partial charge in [0.15, 0.2) is 0 Å². The number of carbonyl (C=O) groups is 3. The van der Waals surface area contributed by atoms with Crippen LogP contribution in [0.1, 0.15) is 20.8 Å². The van der Waals surface area contributed by atoms with Crippen molar-refractivity contribution in [3.63, 3.8) is 0 Å². The van der Waals surface area contributed by atoms with E-state index < -0.39 is 41.5 Å². The molecular formula is C17H21ClFN3O5. The Bertz CT molecular complexity index is 753. The summed E-state index contributed by atoms with van der Waals surface area (Å²) in [7, 11) is 0. The first kappa shape index (κ1) is 20.9. The number of hydrogen-bond acceptors (Lipinski definition) is 5. The number of aliphatic hydroxyl groups excluding tert-OH is 1. The smallest absolute Gasteiger partial charge is 0.410 e. The van der Waals surface area contributed by atoms with Gasteiger partial charge in [-0.1, -0.05) is 11.6 Å². The van der Waals surface area contributed by atoms with Gasteiger partial charge in [0.25, 0.3) is 0 Å². The number of amides is 3. The standard InChI is InChI=1S/C17H21ClFN3O5/c1-17(2,3)27-16(26)22-7-12(13(23)8-22)21-15(25)14(24)20-9-4-5-10(18)11(19)6-9/h4-6,12-13,23H,7-8H2,1-3H3,(H,20,24)(H,21,25). The number of nitrogens with zero attached hydrogens (tertiary/aromatic N) is 1. The summed E-state index contributed by atoms with van der Waals surface area (Å²) in [5, 5.41) is 14.5. The summed E-state index contributed by atoms with van der Waals surface area (Å²) in [6, 6.07) is 2.72. The highest BCUT2D eigenvalue weighted by Crippen LogP contribution is 2.19. The summed E-state index contributed by atoms with van der Waals surface area (Å²) in [4.78, 5) is 37.2. The molecular weight excluding hydrogens is 381 g/mol. The highest BCUT2D eigenvalue weighted by atomic mass is 35.5. The van der Waals surface area contributed by atoms with Gasteiger partial charge in [0.05, 0.1) is 23.7 Å². The molecule has 1 saturated heterocycles. The lowest BCUT2D eigenvalue weighted by Crippen LogP contribution is -2.47. The lowest BCUT2D eigenvalue weighted by atomic mass is 10.2. The average molecular weight is 402 g/mol. The fourth-order valence-corrected chi connectivity index (χ4v) is 2.52. The molecule has 10 heteroatoms. The van der Waals surface area contributed by atoms with E-state index in [1.54, 1.807) is 20.8 Å². The van der Waals surface area contributed by atoms with Crippen LogP contribution in [-0.4, -0.2) is 58.8 Å². The van der Waals surface area contributed by atoms with E-state index in [1.165, 1.54) is 17.0 Å². The molecule has 0 aromatic heterocycles.